The first-order valence-corrected chi connectivity index (χ1v) is 12.5. The Bertz CT molecular complexity index is 1390. The Kier molecular flexibility index (Phi) is 6.26. The number of nitrogens with zero attached hydrogens (tertiary/aromatic N) is 2. The van der Waals surface area contributed by atoms with Crippen LogP contribution in [0.25, 0.3) is 11.1 Å². The Balaban J connectivity index is 1.69. The molecule has 1 amide bonds. The summed E-state index contributed by atoms with van der Waals surface area (Å²) >= 11 is 0. The number of ether oxygens (including phenoxy) is 1. The standard InChI is InChI=1S/C24H23F2N3O4S/c1-3-17-18(5-7-21(22(17)26)34(2,31)32)24(30)29-8-9-33-20-6-4-14(10-16(20)13-29)15-11-19(25)23(27)28-12-15/h4-7,10-12H,3,8-9,13H2,1-2H3,(H2,27,28). The van der Waals surface area contributed by atoms with Crippen molar-refractivity contribution in [2.45, 2.75) is 24.8 Å². The molecule has 0 fully saturated rings. The Labute approximate surface area is 196 Å². The molecule has 2 heterocycles. The molecule has 0 saturated carbocycles. The molecule has 2 N–H and O–H groups in total. The molecule has 0 radical (unpaired) electrons. The molecule has 34 heavy (non-hydrogen) atoms. The zero-order valence-electron chi connectivity index (χ0n) is 18.6. The number of anilines is 1. The number of nitrogen functional groups attached to an aromatic ring is 1. The van der Waals surface area contributed by atoms with Crippen molar-refractivity contribution in [3.63, 3.8) is 0 Å². The maximum atomic E-state index is 15.0. The minimum atomic E-state index is -3.78. The molecular formula is C24H23F2N3O4S. The summed E-state index contributed by atoms with van der Waals surface area (Å²) in [5, 5.41) is 0. The number of benzene rings is 2. The van der Waals surface area contributed by atoms with Gasteiger partial charge in [0.25, 0.3) is 5.91 Å². The van der Waals surface area contributed by atoms with Gasteiger partial charge in [0.15, 0.2) is 21.5 Å². The molecule has 0 spiro atoms. The first-order valence-electron chi connectivity index (χ1n) is 10.6. The molecule has 0 bridgehead atoms. The topological polar surface area (TPSA) is 103 Å². The van der Waals surface area contributed by atoms with Crippen molar-refractivity contribution >= 4 is 21.6 Å². The quantitative estimate of drug-likeness (QED) is 0.603. The van der Waals surface area contributed by atoms with E-state index in [4.69, 9.17) is 10.5 Å². The normalized spacial score (nSPS) is 13.7. The molecule has 7 nitrogen and oxygen atoms in total. The second-order valence-corrected chi connectivity index (χ2v) is 10.0. The summed E-state index contributed by atoms with van der Waals surface area (Å²) in [6.07, 6.45) is 2.53. The highest BCUT2D eigenvalue weighted by Gasteiger charge is 2.27. The van der Waals surface area contributed by atoms with E-state index in [0.29, 0.717) is 22.4 Å². The fourth-order valence-electron chi connectivity index (χ4n) is 3.96. The Morgan fingerprint density at radius 2 is 1.94 bits per heavy atom. The van der Waals surface area contributed by atoms with E-state index in [9.17, 15) is 22.0 Å². The van der Waals surface area contributed by atoms with E-state index >= 15 is 0 Å². The maximum absolute atomic E-state index is 15.0. The molecule has 0 unspecified atom stereocenters. The lowest BCUT2D eigenvalue weighted by atomic mass is 10.0. The molecule has 10 heteroatoms. The first kappa shape index (κ1) is 23.6. The summed E-state index contributed by atoms with van der Waals surface area (Å²) in [6, 6.07) is 9.04. The Morgan fingerprint density at radius 1 is 1.18 bits per heavy atom. The molecule has 1 aliphatic heterocycles. The van der Waals surface area contributed by atoms with Gasteiger partial charge in [0.05, 0.1) is 6.54 Å². The van der Waals surface area contributed by atoms with Crippen LogP contribution in [-0.2, 0) is 22.8 Å². The molecule has 178 valence electrons. The predicted octanol–water partition coefficient (Wildman–Crippen LogP) is 3.61. The van der Waals surface area contributed by atoms with Crippen LogP contribution in [0.4, 0.5) is 14.6 Å². The van der Waals surface area contributed by atoms with Crippen LogP contribution in [0, 0.1) is 11.6 Å². The van der Waals surface area contributed by atoms with Gasteiger partial charge in [-0.05, 0) is 42.3 Å². The fourth-order valence-corrected chi connectivity index (χ4v) is 4.72. The summed E-state index contributed by atoms with van der Waals surface area (Å²) < 4.78 is 58.4. The lowest BCUT2D eigenvalue weighted by molar-refractivity contribution is 0.0731. The Hall–Kier alpha value is -3.53. The number of rotatable bonds is 4. The summed E-state index contributed by atoms with van der Waals surface area (Å²) in [5.41, 5.74) is 7.49. The van der Waals surface area contributed by atoms with Crippen LogP contribution in [0.1, 0.15) is 28.4 Å². The van der Waals surface area contributed by atoms with Crippen LogP contribution >= 0.6 is 0 Å². The number of hydrogen-bond acceptors (Lipinski definition) is 6. The van der Waals surface area contributed by atoms with Gasteiger partial charge in [0.1, 0.15) is 23.1 Å². The van der Waals surface area contributed by atoms with Crippen LogP contribution in [-0.4, -0.2) is 43.6 Å². The lowest BCUT2D eigenvalue weighted by Gasteiger charge is -2.22. The number of fused-ring (bicyclic) bond motifs is 1. The summed E-state index contributed by atoms with van der Waals surface area (Å²) in [6.45, 7) is 2.31. The fraction of sp³-hybridized carbons (Fsp3) is 0.250. The minimum absolute atomic E-state index is 0.0514. The van der Waals surface area contributed by atoms with E-state index in [1.807, 2.05) is 0 Å². The highest BCUT2D eigenvalue weighted by molar-refractivity contribution is 7.90. The number of halogens is 2. The van der Waals surface area contributed by atoms with Gasteiger partial charge in [0, 0.05) is 41.3 Å². The third kappa shape index (κ3) is 4.45. The molecule has 0 atom stereocenters. The van der Waals surface area contributed by atoms with Crippen molar-refractivity contribution in [3.8, 4) is 16.9 Å². The number of aromatic nitrogens is 1. The predicted molar refractivity (Wildman–Crippen MR) is 123 cm³/mol. The molecule has 0 aliphatic carbocycles. The van der Waals surface area contributed by atoms with Gasteiger partial charge >= 0.3 is 0 Å². The third-order valence-electron chi connectivity index (χ3n) is 5.72. The van der Waals surface area contributed by atoms with E-state index in [0.717, 1.165) is 12.3 Å². The van der Waals surface area contributed by atoms with Crippen LogP contribution < -0.4 is 10.5 Å². The van der Waals surface area contributed by atoms with E-state index in [1.165, 1.54) is 23.2 Å². The van der Waals surface area contributed by atoms with Gasteiger partial charge in [-0.2, -0.15) is 0 Å². The number of carbonyl (C=O) groups excluding carboxylic acids is 1. The van der Waals surface area contributed by atoms with Crippen LogP contribution in [0.15, 0.2) is 47.5 Å². The van der Waals surface area contributed by atoms with E-state index in [2.05, 4.69) is 4.98 Å². The van der Waals surface area contributed by atoms with E-state index in [-0.39, 0.29) is 43.1 Å². The van der Waals surface area contributed by atoms with Crippen molar-refractivity contribution in [2.24, 2.45) is 0 Å². The molecule has 0 saturated heterocycles. The zero-order chi connectivity index (χ0) is 24.6. The monoisotopic (exact) mass is 487 g/mol. The van der Waals surface area contributed by atoms with E-state index < -0.39 is 32.3 Å². The van der Waals surface area contributed by atoms with Crippen molar-refractivity contribution in [1.82, 2.24) is 9.88 Å². The van der Waals surface area contributed by atoms with Crippen molar-refractivity contribution < 1.29 is 26.7 Å². The van der Waals surface area contributed by atoms with Gasteiger partial charge < -0.3 is 15.4 Å². The van der Waals surface area contributed by atoms with E-state index in [1.54, 1.807) is 25.1 Å². The molecular weight excluding hydrogens is 464 g/mol. The second kappa shape index (κ2) is 9.02. The largest absolute Gasteiger partial charge is 0.491 e. The minimum Gasteiger partial charge on any atom is -0.491 e. The average molecular weight is 488 g/mol. The molecule has 1 aliphatic rings. The molecule has 1 aromatic heterocycles. The van der Waals surface area contributed by atoms with Crippen LogP contribution in [0.5, 0.6) is 5.75 Å². The van der Waals surface area contributed by atoms with Gasteiger partial charge in [-0.25, -0.2) is 22.2 Å². The van der Waals surface area contributed by atoms with Gasteiger partial charge in [-0.3, -0.25) is 4.79 Å². The van der Waals surface area contributed by atoms with Gasteiger partial charge in [-0.1, -0.05) is 13.0 Å². The highest BCUT2D eigenvalue weighted by Crippen LogP contribution is 2.31. The number of amides is 1. The van der Waals surface area contributed by atoms with Crippen molar-refractivity contribution in [1.29, 1.82) is 0 Å². The Morgan fingerprint density at radius 3 is 2.62 bits per heavy atom. The number of pyridine rings is 1. The lowest BCUT2D eigenvalue weighted by Crippen LogP contribution is -2.33. The molecule has 4 rings (SSSR count). The average Bonchev–Trinajstić information content (AvgIpc) is 3.01. The zero-order valence-corrected chi connectivity index (χ0v) is 19.5. The van der Waals surface area contributed by atoms with Gasteiger partial charge in [0.2, 0.25) is 0 Å². The first-order chi connectivity index (χ1) is 16.1. The second-order valence-electron chi connectivity index (χ2n) is 8.02. The summed E-state index contributed by atoms with van der Waals surface area (Å²) in [7, 11) is -3.78. The number of sulfone groups is 1. The van der Waals surface area contributed by atoms with Crippen LogP contribution in [0.2, 0.25) is 0 Å². The number of carbonyl (C=O) groups is 1. The maximum Gasteiger partial charge on any atom is 0.254 e. The molecule has 2 aromatic carbocycles. The highest BCUT2D eigenvalue weighted by atomic mass is 32.2. The van der Waals surface area contributed by atoms with Gasteiger partial charge in [-0.15, -0.1) is 0 Å². The van der Waals surface area contributed by atoms with Crippen LogP contribution in [0.3, 0.4) is 0 Å². The smallest absolute Gasteiger partial charge is 0.254 e. The number of hydrogen-bond donors (Lipinski definition) is 1. The number of nitrogens with two attached hydrogens (primary N) is 1. The third-order valence-corrected chi connectivity index (χ3v) is 6.84. The summed E-state index contributed by atoms with van der Waals surface area (Å²) in [4.78, 5) is 18.3. The summed E-state index contributed by atoms with van der Waals surface area (Å²) in [5.74, 6) is -1.58. The van der Waals surface area contributed by atoms with Crippen molar-refractivity contribution in [2.75, 3.05) is 25.1 Å². The molecule has 3 aromatic rings. The SMILES string of the molecule is CCc1c(C(=O)N2CCOc3ccc(-c4cnc(N)c(F)c4)cc3C2)ccc(S(C)(=O)=O)c1F. The van der Waals surface area contributed by atoms with Crippen molar-refractivity contribution in [3.05, 3.63) is 70.9 Å².